The fourth-order valence-corrected chi connectivity index (χ4v) is 3.54. The summed E-state index contributed by atoms with van der Waals surface area (Å²) in [5, 5.41) is 20.6. The van der Waals surface area contributed by atoms with Gasteiger partial charge in [0.1, 0.15) is 16.7 Å². The first-order valence-electron chi connectivity index (χ1n) is 10.8. The summed E-state index contributed by atoms with van der Waals surface area (Å²) >= 11 is 0. The van der Waals surface area contributed by atoms with Gasteiger partial charge in [0.2, 0.25) is 5.75 Å². The Morgan fingerprint density at radius 1 is 0.867 bits per heavy atom. The Morgan fingerprint density at radius 3 is 2.23 bits per heavy atom. The minimum absolute atomic E-state index is 0.0494. The molecule has 1 aromatic heterocycles. The molecule has 0 aliphatic rings. The van der Waals surface area contributed by atoms with Crippen LogP contribution in [-0.4, -0.2) is 16.8 Å². The number of rotatable bonds is 11. The van der Waals surface area contributed by atoms with Gasteiger partial charge >= 0.3 is 0 Å². The van der Waals surface area contributed by atoms with Gasteiger partial charge in [0.05, 0.1) is 6.61 Å². The average molecular weight is 411 g/mol. The van der Waals surface area contributed by atoms with Gasteiger partial charge in [0.25, 0.3) is 0 Å². The van der Waals surface area contributed by atoms with Crippen molar-refractivity contribution in [3.63, 3.8) is 0 Å². The van der Waals surface area contributed by atoms with Gasteiger partial charge in [0.15, 0.2) is 16.9 Å². The summed E-state index contributed by atoms with van der Waals surface area (Å²) in [6.45, 7) is 2.64. The third kappa shape index (κ3) is 5.35. The lowest BCUT2D eigenvalue weighted by Crippen LogP contribution is -2.03. The first-order chi connectivity index (χ1) is 14.6. The molecule has 2 N–H and O–H groups in total. The lowest BCUT2D eigenvalue weighted by Gasteiger charge is -2.11. The number of fused-ring (bicyclic) bond motifs is 1. The number of benzene rings is 2. The van der Waals surface area contributed by atoms with Gasteiger partial charge in [0, 0.05) is 17.7 Å². The van der Waals surface area contributed by atoms with E-state index in [0.29, 0.717) is 12.4 Å². The SMILES string of the molecule is CCCCCCCCCCOc1cc2oc(-c3ccccc3)cc(=O)c2c(O)c1O. The summed E-state index contributed by atoms with van der Waals surface area (Å²) in [6, 6.07) is 12.1. The lowest BCUT2D eigenvalue weighted by atomic mass is 10.1. The summed E-state index contributed by atoms with van der Waals surface area (Å²) in [5.41, 5.74) is 0.519. The van der Waals surface area contributed by atoms with Crippen molar-refractivity contribution in [2.45, 2.75) is 58.3 Å². The highest BCUT2D eigenvalue weighted by molar-refractivity contribution is 5.89. The Morgan fingerprint density at radius 2 is 1.53 bits per heavy atom. The van der Waals surface area contributed by atoms with Gasteiger partial charge in [-0.15, -0.1) is 0 Å². The number of hydrogen-bond acceptors (Lipinski definition) is 5. The van der Waals surface area contributed by atoms with Gasteiger partial charge in [-0.25, -0.2) is 0 Å². The molecule has 0 aliphatic heterocycles. The van der Waals surface area contributed by atoms with Crippen molar-refractivity contribution in [3.05, 3.63) is 52.7 Å². The van der Waals surface area contributed by atoms with Crippen LogP contribution in [0.2, 0.25) is 0 Å². The van der Waals surface area contributed by atoms with Crippen LogP contribution in [-0.2, 0) is 0 Å². The lowest BCUT2D eigenvalue weighted by molar-refractivity contribution is 0.283. The van der Waals surface area contributed by atoms with Gasteiger partial charge in [-0.05, 0) is 6.42 Å². The first kappa shape index (κ1) is 21.8. The summed E-state index contributed by atoms with van der Waals surface area (Å²) < 4.78 is 11.5. The van der Waals surface area contributed by atoms with Crippen LogP contribution in [0.4, 0.5) is 0 Å². The number of phenols is 2. The molecule has 0 atom stereocenters. The minimum Gasteiger partial charge on any atom is -0.504 e. The third-order valence-electron chi connectivity index (χ3n) is 5.25. The Kier molecular flexibility index (Phi) is 7.77. The maximum absolute atomic E-state index is 12.5. The van der Waals surface area contributed by atoms with Crippen LogP contribution in [0.3, 0.4) is 0 Å². The summed E-state index contributed by atoms with van der Waals surface area (Å²) in [6.07, 6.45) is 9.44. The molecule has 0 unspecified atom stereocenters. The summed E-state index contributed by atoms with van der Waals surface area (Å²) in [7, 11) is 0. The van der Waals surface area contributed by atoms with E-state index in [-0.39, 0.29) is 16.7 Å². The molecule has 3 aromatic rings. The summed E-state index contributed by atoms with van der Waals surface area (Å²) in [5.74, 6) is -0.419. The van der Waals surface area contributed by atoms with Crippen LogP contribution >= 0.6 is 0 Å². The molecule has 5 heteroatoms. The maximum Gasteiger partial charge on any atom is 0.201 e. The fourth-order valence-electron chi connectivity index (χ4n) is 3.54. The highest BCUT2D eigenvalue weighted by Gasteiger charge is 2.18. The smallest absolute Gasteiger partial charge is 0.201 e. The molecular weight excluding hydrogens is 380 g/mol. The molecule has 3 rings (SSSR count). The molecule has 0 saturated heterocycles. The van der Waals surface area contributed by atoms with E-state index in [0.717, 1.165) is 24.8 Å². The largest absolute Gasteiger partial charge is 0.504 e. The van der Waals surface area contributed by atoms with Gasteiger partial charge < -0.3 is 19.4 Å². The average Bonchev–Trinajstić information content (AvgIpc) is 2.76. The maximum atomic E-state index is 12.5. The van der Waals surface area contributed by atoms with E-state index in [1.807, 2.05) is 30.3 Å². The normalized spacial score (nSPS) is 11.1. The molecule has 5 nitrogen and oxygen atoms in total. The molecule has 0 aliphatic carbocycles. The Bertz CT molecular complexity index is 1010. The van der Waals surface area contributed by atoms with Gasteiger partial charge in [-0.1, -0.05) is 82.2 Å². The molecule has 0 spiro atoms. The Balaban J connectivity index is 1.68. The molecule has 0 fully saturated rings. The van der Waals surface area contributed by atoms with E-state index >= 15 is 0 Å². The zero-order chi connectivity index (χ0) is 21.3. The topological polar surface area (TPSA) is 79.9 Å². The Labute approximate surface area is 176 Å². The third-order valence-corrected chi connectivity index (χ3v) is 5.25. The molecule has 0 amide bonds. The number of phenolic OH excluding ortho intramolecular Hbond substituents is 2. The van der Waals surface area contributed by atoms with Crippen molar-refractivity contribution in [1.82, 2.24) is 0 Å². The van der Waals surface area contributed by atoms with Crippen LogP contribution in [0.25, 0.3) is 22.3 Å². The predicted molar refractivity (Wildman–Crippen MR) is 119 cm³/mol. The highest BCUT2D eigenvalue weighted by Crippen LogP contribution is 2.41. The molecular formula is C25H30O5. The van der Waals surface area contributed by atoms with Crippen molar-refractivity contribution >= 4 is 11.0 Å². The molecule has 0 bridgehead atoms. The van der Waals surface area contributed by atoms with Crippen LogP contribution in [0, 0.1) is 0 Å². The number of hydrogen-bond donors (Lipinski definition) is 2. The van der Waals surface area contributed by atoms with Gasteiger partial charge in [-0.3, -0.25) is 4.79 Å². The van der Waals surface area contributed by atoms with E-state index in [2.05, 4.69) is 6.92 Å². The zero-order valence-electron chi connectivity index (χ0n) is 17.5. The molecule has 30 heavy (non-hydrogen) atoms. The van der Waals surface area contributed by atoms with E-state index in [1.54, 1.807) is 0 Å². The zero-order valence-corrected chi connectivity index (χ0v) is 17.5. The predicted octanol–water partition coefficient (Wildman–Crippen LogP) is 6.39. The molecule has 0 saturated carbocycles. The standard InChI is InChI=1S/C25H30O5/c1-2-3-4-5-6-7-8-12-15-29-22-17-21-23(25(28)24(22)27)19(26)16-20(30-21)18-13-10-9-11-14-18/h9-11,13-14,16-17,27-28H,2-8,12,15H2,1H3. The van der Waals surface area contributed by atoms with Crippen LogP contribution in [0.15, 0.2) is 51.7 Å². The quantitative estimate of drug-likeness (QED) is 0.283. The number of ether oxygens (including phenoxy) is 1. The van der Waals surface area contributed by atoms with Crippen molar-refractivity contribution in [2.75, 3.05) is 6.61 Å². The number of aromatic hydroxyl groups is 2. The molecule has 160 valence electrons. The second-order valence-electron chi connectivity index (χ2n) is 7.61. The second-order valence-corrected chi connectivity index (χ2v) is 7.61. The van der Waals surface area contributed by atoms with Crippen molar-refractivity contribution < 1.29 is 19.4 Å². The van der Waals surface area contributed by atoms with E-state index in [1.165, 1.54) is 44.2 Å². The second kappa shape index (κ2) is 10.7. The van der Waals surface area contributed by atoms with Crippen LogP contribution < -0.4 is 10.2 Å². The van der Waals surface area contributed by atoms with Crippen molar-refractivity contribution in [2.24, 2.45) is 0 Å². The molecule has 2 aromatic carbocycles. The van der Waals surface area contributed by atoms with Crippen molar-refractivity contribution in [3.8, 4) is 28.6 Å². The monoisotopic (exact) mass is 410 g/mol. The van der Waals surface area contributed by atoms with E-state index in [9.17, 15) is 15.0 Å². The fraction of sp³-hybridized carbons (Fsp3) is 0.400. The summed E-state index contributed by atoms with van der Waals surface area (Å²) in [4.78, 5) is 12.5. The Hall–Kier alpha value is -2.95. The van der Waals surface area contributed by atoms with Crippen LogP contribution in [0.5, 0.6) is 17.2 Å². The van der Waals surface area contributed by atoms with E-state index in [4.69, 9.17) is 9.15 Å². The van der Waals surface area contributed by atoms with Crippen molar-refractivity contribution in [1.29, 1.82) is 0 Å². The van der Waals surface area contributed by atoms with Gasteiger partial charge in [-0.2, -0.15) is 0 Å². The van der Waals surface area contributed by atoms with Crippen LogP contribution in [0.1, 0.15) is 58.3 Å². The first-order valence-corrected chi connectivity index (χ1v) is 10.8. The highest BCUT2D eigenvalue weighted by atomic mass is 16.5. The molecule has 0 radical (unpaired) electrons. The molecule has 1 heterocycles. The minimum atomic E-state index is -0.508. The number of unbranched alkanes of at least 4 members (excludes halogenated alkanes) is 7. The van der Waals surface area contributed by atoms with E-state index < -0.39 is 16.9 Å².